The number of hydrogen-bond donors (Lipinski definition) is 2. The van der Waals surface area contributed by atoms with Crippen LogP contribution in [0.5, 0.6) is 0 Å². The van der Waals surface area contributed by atoms with E-state index in [0.717, 1.165) is 33.8 Å². The van der Waals surface area contributed by atoms with Gasteiger partial charge in [0.15, 0.2) is 0 Å². The smallest absolute Gasteiger partial charge is 0.326 e. The van der Waals surface area contributed by atoms with Crippen molar-refractivity contribution in [1.82, 2.24) is 5.32 Å². The number of ether oxygens (including phenoxy) is 1. The van der Waals surface area contributed by atoms with Gasteiger partial charge in [-0.1, -0.05) is 75.4 Å². The summed E-state index contributed by atoms with van der Waals surface area (Å²) in [6, 6.07) is 21.3. The molecule has 2 atom stereocenters. The zero-order valence-electron chi connectivity index (χ0n) is 24.1. The number of nitrogens with one attached hydrogen (secondary N) is 1. The number of amides is 1. The molecule has 0 aliphatic carbocycles. The molecular weight excluding hydrogens is 539 g/mol. The molecule has 0 bridgehead atoms. The van der Waals surface area contributed by atoms with Crippen molar-refractivity contribution in [1.29, 1.82) is 0 Å². The first kappa shape index (κ1) is 31.8. The van der Waals surface area contributed by atoms with Crippen LogP contribution in [0.2, 0.25) is 0 Å². The minimum atomic E-state index is -1.03. The van der Waals surface area contributed by atoms with Crippen molar-refractivity contribution >= 4 is 35.4 Å². The molecule has 5 nitrogen and oxygen atoms in total. The number of carboxylic acid groups (broad SMARTS) is 1. The normalized spacial score (nSPS) is 12.8. The van der Waals surface area contributed by atoms with E-state index < -0.39 is 12.0 Å². The lowest BCUT2D eigenvalue weighted by atomic mass is 9.93. The van der Waals surface area contributed by atoms with Crippen LogP contribution in [0.3, 0.4) is 0 Å². The van der Waals surface area contributed by atoms with Crippen molar-refractivity contribution < 1.29 is 19.4 Å². The predicted molar refractivity (Wildman–Crippen MR) is 170 cm³/mol. The maximum Gasteiger partial charge on any atom is 0.326 e. The van der Waals surface area contributed by atoms with Crippen LogP contribution >= 0.6 is 23.5 Å². The predicted octanol–water partition coefficient (Wildman–Crippen LogP) is 7.73. The summed E-state index contributed by atoms with van der Waals surface area (Å²) in [5, 5.41) is 12.4. The van der Waals surface area contributed by atoms with E-state index in [1.54, 1.807) is 17.8 Å². The molecule has 1 amide bonds. The van der Waals surface area contributed by atoms with E-state index in [0.29, 0.717) is 30.3 Å². The third kappa shape index (κ3) is 8.88. The quantitative estimate of drug-likeness (QED) is 0.192. The van der Waals surface area contributed by atoms with E-state index in [1.165, 1.54) is 11.1 Å². The molecule has 3 aromatic rings. The molecule has 3 rings (SSSR count). The minimum Gasteiger partial charge on any atom is -0.480 e. The molecule has 0 fully saturated rings. The summed E-state index contributed by atoms with van der Waals surface area (Å²) in [5.41, 5.74) is 6.62. The maximum atomic E-state index is 13.4. The fourth-order valence-electron chi connectivity index (χ4n) is 4.49. The lowest BCUT2D eigenvalue weighted by Crippen LogP contribution is -2.41. The van der Waals surface area contributed by atoms with Gasteiger partial charge in [0.1, 0.15) is 6.04 Å². The summed E-state index contributed by atoms with van der Waals surface area (Å²) in [6.45, 7) is 8.95. The Hall–Kier alpha value is -2.74. The summed E-state index contributed by atoms with van der Waals surface area (Å²) in [7, 11) is 0. The number of hydrogen-bond acceptors (Lipinski definition) is 5. The van der Waals surface area contributed by atoms with E-state index in [9.17, 15) is 14.7 Å². The molecule has 0 spiro atoms. The van der Waals surface area contributed by atoms with E-state index >= 15 is 0 Å². The highest BCUT2D eigenvalue weighted by atomic mass is 32.2. The molecule has 0 saturated heterocycles. The Labute approximate surface area is 247 Å². The maximum absolute atomic E-state index is 13.4. The number of thioether (sulfide) groups is 2. The number of carbonyl (C=O) groups is 2. The SMILES string of the molecule is CCSCC(OCc1ccc(C(=O)NC(CCSC)C(=O)O)c(-c2ccccc2C)c1)c1cccc(C(C)C)c1. The van der Waals surface area contributed by atoms with Crippen molar-refractivity contribution in [3.8, 4) is 11.1 Å². The van der Waals surface area contributed by atoms with Gasteiger partial charge in [-0.3, -0.25) is 4.79 Å². The van der Waals surface area contributed by atoms with Gasteiger partial charge in [-0.05, 0) is 82.5 Å². The molecule has 2 unspecified atom stereocenters. The largest absolute Gasteiger partial charge is 0.480 e. The van der Waals surface area contributed by atoms with Crippen molar-refractivity contribution in [3.05, 3.63) is 94.5 Å². The van der Waals surface area contributed by atoms with Crippen LogP contribution in [-0.4, -0.2) is 46.5 Å². The van der Waals surface area contributed by atoms with Crippen molar-refractivity contribution in [3.63, 3.8) is 0 Å². The molecular formula is C33H41NO4S2. The van der Waals surface area contributed by atoms with Crippen LogP contribution in [-0.2, 0) is 16.1 Å². The number of carboxylic acids is 1. The molecule has 3 aromatic carbocycles. The molecule has 0 saturated carbocycles. The lowest BCUT2D eigenvalue weighted by Gasteiger charge is -2.21. The second-order valence-electron chi connectivity index (χ2n) is 10.1. The third-order valence-corrected chi connectivity index (χ3v) is 8.44. The van der Waals surface area contributed by atoms with Crippen LogP contribution in [0.15, 0.2) is 66.7 Å². The summed E-state index contributed by atoms with van der Waals surface area (Å²) in [4.78, 5) is 25.2. The van der Waals surface area contributed by atoms with Gasteiger partial charge in [-0.2, -0.15) is 23.5 Å². The second-order valence-corrected chi connectivity index (χ2v) is 12.4. The van der Waals surface area contributed by atoms with Gasteiger partial charge < -0.3 is 15.2 Å². The number of carbonyl (C=O) groups excluding carboxylic acids is 1. The summed E-state index contributed by atoms with van der Waals surface area (Å²) in [6.07, 6.45) is 2.23. The fraction of sp³-hybridized carbons (Fsp3) is 0.394. The van der Waals surface area contributed by atoms with Gasteiger partial charge in [0.2, 0.25) is 0 Å². The highest BCUT2D eigenvalue weighted by molar-refractivity contribution is 7.99. The van der Waals surface area contributed by atoms with Gasteiger partial charge in [0, 0.05) is 11.3 Å². The molecule has 2 N–H and O–H groups in total. The monoisotopic (exact) mass is 579 g/mol. The average Bonchev–Trinajstić information content (AvgIpc) is 2.95. The Balaban J connectivity index is 1.91. The standard InChI is InChI=1S/C33H41NO4S2/c1-6-40-21-31(26-12-9-11-25(19-26)22(2)3)38-20-24-14-15-28(29(18-24)27-13-8-7-10-23(27)4)32(35)34-30(33(36)37)16-17-39-5/h7-15,18-19,22,30-31H,6,16-17,20-21H2,1-5H3,(H,34,35)(H,36,37). The molecule has 214 valence electrons. The average molecular weight is 580 g/mol. The lowest BCUT2D eigenvalue weighted by molar-refractivity contribution is -0.139. The van der Waals surface area contributed by atoms with Crippen LogP contribution in [0, 0.1) is 6.92 Å². The van der Waals surface area contributed by atoms with Gasteiger partial charge >= 0.3 is 5.97 Å². The summed E-state index contributed by atoms with van der Waals surface area (Å²) >= 11 is 3.41. The molecule has 0 aliphatic rings. The van der Waals surface area contributed by atoms with E-state index in [4.69, 9.17) is 4.74 Å². The first-order chi connectivity index (χ1) is 19.2. The number of aryl methyl sites for hydroxylation is 1. The first-order valence-corrected chi connectivity index (χ1v) is 16.3. The molecule has 40 heavy (non-hydrogen) atoms. The topological polar surface area (TPSA) is 75.6 Å². The number of benzene rings is 3. The first-order valence-electron chi connectivity index (χ1n) is 13.8. The molecule has 0 aromatic heterocycles. The number of aliphatic carboxylic acids is 1. The van der Waals surface area contributed by atoms with Crippen LogP contribution in [0.1, 0.15) is 71.8 Å². The molecule has 0 heterocycles. The van der Waals surface area contributed by atoms with Crippen LogP contribution in [0.25, 0.3) is 11.1 Å². The summed E-state index contributed by atoms with van der Waals surface area (Å²) < 4.78 is 6.51. The summed E-state index contributed by atoms with van der Waals surface area (Å²) in [5.74, 6) is 1.55. The van der Waals surface area contributed by atoms with Crippen molar-refractivity contribution in [2.75, 3.05) is 23.5 Å². The van der Waals surface area contributed by atoms with Gasteiger partial charge in [0.25, 0.3) is 5.91 Å². The van der Waals surface area contributed by atoms with Crippen LogP contribution < -0.4 is 5.32 Å². The highest BCUT2D eigenvalue weighted by Gasteiger charge is 2.23. The Bertz CT molecular complexity index is 1280. The Kier molecular flexibility index (Phi) is 12.6. The zero-order chi connectivity index (χ0) is 29.1. The van der Waals surface area contributed by atoms with Crippen LogP contribution in [0.4, 0.5) is 0 Å². The van der Waals surface area contributed by atoms with E-state index in [1.807, 2.05) is 61.3 Å². The Morgan fingerprint density at radius 2 is 1.73 bits per heavy atom. The van der Waals surface area contributed by atoms with Gasteiger partial charge in [0.05, 0.1) is 12.7 Å². The second kappa shape index (κ2) is 15.9. The molecule has 7 heteroatoms. The highest BCUT2D eigenvalue weighted by Crippen LogP contribution is 2.31. The van der Waals surface area contributed by atoms with Gasteiger partial charge in [-0.15, -0.1) is 0 Å². The minimum absolute atomic E-state index is 0.0544. The van der Waals surface area contributed by atoms with E-state index in [2.05, 4.69) is 50.4 Å². The van der Waals surface area contributed by atoms with Crippen molar-refractivity contribution in [2.24, 2.45) is 0 Å². The molecule has 0 aliphatic heterocycles. The fourth-order valence-corrected chi connectivity index (χ4v) is 5.70. The van der Waals surface area contributed by atoms with Crippen molar-refractivity contribution in [2.45, 2.75) is 58.8 Å². The number of rotatable bonds is 15. The third-order valence-electron chi connectivity index (χ3n) is 6.85. The zero-order valence-corrected chi connectivity index (χ0v) is 25.7. The molecule has 0 radical (unpaired) electrons. The van der Waals surface area contributed by atoms with E-state index in [-0.39, 0.29) is 12.0 Å². The Morgan fingerprint density at radius 3 is 2.40 bits per heavy atom. The Morgan fingerprint density at radius 1 is 0.975 bits per heavy atom. The van der Waals surface area contributed by atoms with Gasteiger partial charge in [-0.25, -0.2) is 4.79 Å².